The summed E-state index contributed by atoms with van der Waals surface area (Å²) in [6.45, 7) is 5.54. The average molecular weight is 535 g/mol. The first kappa shape index (κ1) is 25.2. The number of carbonyl (C=O) groups excluding carboxylic acids is 2. The Hall–Kier alpha value is -5.11. The van der Waals surface area contributed by atoms with E-state index in [4.69, 9.17) is 9.84 Å². The van der Waals surface area contributed by atoms with Crippen LogP contribution in [0.15, 0.2) is 71.8 Å². The van der Waals surface area contributed by atoms with Crippen LogP contribution in [0.4, 0.5) is 0 Å². The molecule has 6 rings (SSSR count). The van der Waals surface area contributed by atoms with Crippen LogP contribution in [0.25, 0.3) is 0 Å². The van der Waals surface area contributed by atoms with Crippen LogP contribution in [0, 0.1) is 6.92 Å². The maximum atomic E-state index is 14.1. The number of amides is 1. The number of hydrogen-bond acceptors (Lipinski definition) is 7. The van der Waals surface area contributed by atoms with E-state index < -0.39 is 5.54 Å². The largest absolute Gasteiger partial charge is 0.508 e. The molecule has 1 amide bonds. The molecule has 200 valence electrons. The Kier molecular flexibility index (Phi) is 5.65. The minimum absolute atomic E-state index is 0.0208. The molecule has 2 aliphatic heterocycles. The van der Waals surface area contributed by atoms with Gasteiger partial charge in [-0.15, -0.1) is 0 Å². The van der Waals surface area contributed by atoms with Gasteiger partial charge in [-0.2, -0.15) is 5.10 Å². The van der Waals surface area contributed by atoms with Gasteiger partial charge in [0.2, 0.25) is 0 Å². The third-order valence-electron chi connectivity index (χ3n) is 7.72. The van der Waals surface area contributed by atoms with Gasteiger partial charge in [-0.3, -0.25) is 9.59 Å². The van der Waals surface area contributed by atoms with Crippen molar-refractivity contribution in [2.45, 2.75) is 32.2 Å². The highest BCUT2D eigenvalue weighted by Crippen LogP contribution is 2.58. The molecule has 40 heavy (non-hydrogen) atoms. The topological polar surface area (TPSA) is 120 Å². The van der Waals surface area contributed by atoms with Crippen LogP contribution in [0.5, 0.6) is 28.7 Å². The normalized spacial score (nSPS) is 14.8. The van der Waals surface area contributed by atoms with Crippen molar-refractivity contribution in [3.8, 4) is 28.7 Å². The molecule has 3 N–H and O–H groups in total. The molecule has 8 nitrogen and oxygen atoms in total. The number of phenols is 3. The summed E-state index contributed by atoms with van der Waals surface area (Å²) >= 11 is 0. The molecule has 2 heterocycles. The van der Waals surface area contributed by atoms with E-state index >= 15 is 0 Å². The number of nitrogens with zero attached hydrogens (tertiary/aromatic N) is 2. The van der Waals surface area contributed by atoms with E-state index in [2.05, 4.69) is 0 Å². The van der Waals surface area contributed by atoms with Crippen molar-refractivity contribution in [3.63, 3.8) is 0 Å². The van der Waals surface area contributed by atoms with E-state index in [9.17, 15) is 24.9 Å². The summed E-state index contributed by atoms with van der Waals surface area (Å²) in [5, 5.41) is 37.4. The molecule has 0 bridgehead atoms. The number of hydrazone groups is 1. The fourth-order valence-corrected chi connectivity index (χ4v) is 5.75. The van der Waals surface area contributed by atoms with Crippen molar-refractivity contribution in [1.29, 1.82) is 0 Å². The van der Waals surface area contributed by atoms with Crippen molar-refractivity contribution in [2.24, 2.45) is 5.10 Å². The molecule has 0 fully saturated rings. The lowest BCUT2D eigenvalue weighted by molar-refractivity contribution is 0.0675. The lowest BCUT2D eigenvalue weighted by Gasteiger charge is -2.41. The molecule has 1 spiro atoms. The first-order chi connectivity index (χ1) is 19.2. The highest BCUT2D eigenvalue weighted by molar-refractivity contribution is 6.03. The zero-order valence-corrected chi connectivity index (χ0v) is 22.0. The number of aromatic hydroxyl groups is 3. The van der Waals surface area contributed by atoms with Gasteiger partial charge in [-0.1, -0.05) is 32.0 Å². The van der Waals surface area contributed by atoms with E-state index in [0.717, 1.165) is 0 Å². The second-order valence-electron chi connectivity index (χ2n) is 10.3. The van der Waals surface area contributed by atoms with E-state index in [1.807, 2.05) is 26.0 Å². The molecule has 4 aromatic carbocycles. The third-order valence-corrected chi connectivity index (χ3v) is 7.72. The fourth-order valence-electron chi connectivity index (χ4n) is 5.75. The summed E-state index contributed by atoms with van der Waals surface area (Å²) in [4.78, 5) is 25.9. The number of fused-ring (bicyclic) bond motifs is 6. The van der Waals surface area contributed by atoms with Crippen LogP contribution in [0.2, 0.25) is 0 Å². The van der Waals surface area contributed by atoms with Crippen LogP contribution in [0.1, 0.15) is 73.9 Å². The van der Waals surface area contributed by atoms with Gasteiger partial charge in [0, 0.05) is 34.4 Å². The Morgan fingerprint density at radius 1 is 0.900 bits per heavy atom. The molecule has 0 aromatic heterocycles. The van der Waals surface area contributed by atoms with Crippen molar-refractivity contribution < 1.29 is 29.6 Å². The third kappa shape index (κ3) is 3.42. The summed E-state index contributed by atoms with van der Waals surface area (Å²) in [6.07, 6.45) is 2.14. The molecular formula is C32H26N2O6. The van der Waals surface area contributed by atoms with E-state index in [1.54, 1.807) is 37.3 Å². The Morgan fingerprint density at radius 2 is 1.52 bits per heavy atom. The Morgan fingerprint density at radius 3 is 2.12 bits per heavy atom. The highest BCUT2D eigenvalue weighted by atomic mass is 16.5. The van der Waals surface area contributed by atoms with Crippen LogP contribution < -0.4 is 4.74 Å². The average Bonchev–Trinajstić information content (AvgIpc) is 3.16. The quantitative estimate of drug-likeness (QED) is 0.220. The first-order valence-electron chi connectivity index (χ1n) is 12.8. The molecule has 2 aliphatic rings. The van der Waals surface area contributed by atoms with Gasteiger partial charge in [-0.05, 0) is 65.9 Å². The van der Waals surface area contributed by atoms with E-state index in [0.29, 0.717) is 56.7 Å². The van der Waals surface area contributed by atoms with Gasteiger partial charge in [0.05, 0.1) is 11.8 Å². The molecule has 0 radical (unpaired) electrons. The molecule has 0 aliphatic carbocycles. The van der Waals surface area contributed by atoms with Crippen LogP contribution in [-0.4, -0.2) is 38.7 Å². The number of benzene rings is 4. The first-order valence-corrected chi connectivity index (χ1v) is 12.8. The molecular weight excluding hydrogens is 508 g/mol. The molecule has 8 heteroatoms. The molecule has 4 aromatic rings. The van der Waals surface area contributed by atoms with Gasteiger partial charge in [-0.25, -0.2) is 5.01 Å². The van der Waals surface area contributed by atoms with Crippen molar-refractivity contribution in [1.82, 2.24) is 5.01 Å². The van der Waals surface area contributed by atoms with Crippen molar-refractivity contribution in [3.05, 3.63) is 111 Å². The summed E-state index contributed by atoms with van der Waals surface area (Å²) in [7, 11) is 0. The molecule has 0 saturated carbocycles. The maximum absolute atomic E-state index is 14.1. The lowest BCUT2D eigenvalue weighted by atomic mass is 9.75. The predicted octanol–water partition coefficient (Wildman–Crippen LogP) is 5.94. The summed E-state index contributed by atoms with van der Waals surface area (Å²) in [5.74, 6) is 0.101. The van der Waals surface area contributed by atoms with E-state index in [1.165, 1.54) is 35.5 Å². The summed E-state index contributed by atoms with van der Waals surface area (Å²) < 4.78 is 6.12. The van der Waals surface area contributed by atoms with Crippen LogP contribution in [-0.2, 0) is 5.54 Å². The number of aldehydes is 1. The molecule has 0 saturated heterocycles. The van der Waals surface area contributed by atoms with Crippen molar-refractivity contribution >= 4 is 18.4 Å². The van der Waals surface area contributed by atoms with E-state index in [-0.39, 0.29) is 34.6 Å². The number of phenolic OH excluding ortho intramolecular Hbond substituents is 3. The van der Waals surface area contributed by atoms with Crippen LogP contribution >= 0.6 is 0 Å². The second-order valence-corrected chi connectivity index (χ2v) is 10.3. The minimum Gasteiger partial charge on any atom is -0.508 e. The zero-order chi connectivity index (χ0) is 28.3. The van der Waals surface area contributed by atoms with Gasteiger partial charge in [0.25, 0.3) is 5.91 Å². The van der Waals surface area contributed by atoms with Gasteiger partial charge in [0.1, 0.15) is 34.3 Å². The molecule has 0 atom stereocenters. The van der Waals surface area contributed by atoms with Gasteiger partial charge in [0.15, 0.2) is 6.29 Å². The van der Waals surface area contributed by atoms with Gasteiger partial charge >= 0.3 is 0 Å². The number of carbonyl (C=O) groups is 2. The fraction of sp³-hybridized carbons (Fsp3) is 0.156. The Balaban J connectivity index is 1.64. The highest BCUT2D eigenvalue weighted by Gasteiger charge is 2.57. The zero-order valence-electron chi connectivity index (χ0n) is 22.0. The summed E-state index contributed by atoms with van der Waals surface area (Å²) in [5.41, 5.74) is 2.85. The van der Waals surface area contributed by atoms with Crippen LogP contribution in [0.3, 0.4) is 0 Å². The monoisotopic (exact) mass is 534 g/mol. The minimum atomic E-state index is -1.28. The number of ether oxygens (including phenoxy) is 1. The molecule has 0 unspecified atom stereocenters. The Labute approximate surface area is 230 Å². The lowest BCUT2D eigenvalue weighted by Crippen LogP contribution is -2.44. The Bertz CT molecular complexity index is 1710. The standard InChI is InChI=1S/C32H26N2O6/c1-17(2)23-12-19(18(3)24(16-35)30(23)38)15-33-34-31(39)22-6-4-5-7-25(22)32(34)26-10-8-20(36)13-28(26)40-29-14-21(37)9-11-27(29)32/h4-17,36-38H,1-3H3/b33-15+. The second kappa shape index (κ2) is 8.98. The SMILES string of the molecule is Cc1c(/C=N/N2C(=O)c3ccccc3C23c2ccc(O)cc2Oc2cc(O)ccc23)cc(C(C)C)c(O)c1C=O. The van der Waals surface area contributed by atoms with Gasteiger partial charge < -0.3 is 20.1 Å². The number of rotatable bonds is 4. The van der Waals surface area contributed by atoms with Crippen molar-refractivity contribution in [2.75, 3.05) is 0 Å². The predicted molar refractivity (Wildman–Crippen MR) is 149 cm³/mol. The smallest absolute Gasteiger partial charge is 0.275 e. The number of hydrogen-bond donors (Lipinski definition) is 3. The summed E-state index contributed by atoms with van der Waals surface area (Å²) in [6, 6.07) is 18.4. The maximum Gasteiger partial charge on any atom is 0.275 e.